The van der Waals surface area contributed by atoms with Gasteiger partial charge in [0.15, 0.2) is 11.6 Å². The molecule has 2 N–H and O–H groups in total. The summed E-state index contributed by atoms with van der Waals surface area (Å²) in [5.74, 6) is -3.59. The molecule has 6 nitrogen and oxygen atoms in total. The number of rotatable bonds is 9. The maximum Gasteiger partial charge on any atom is 0.243 e. The second-order valence-corrected chi connectivity index (χ2v) is 7.54. The van der Waals surface area contributed by atoms with E-state index in [4.69, 9.17) is 5.26 Å². The lowest BCUT2D eigenvalue weighted by Crippen LogP contribution is -2.40. The van der Waals surface area contributed by atoms with E-state index in [1.807, 2.05) is 6.07 Å². The van der Waals surface area contributed by atoms with Crippen LogP contribution in [0.3, 0.4) is 0 Å². The zero-order chi connectivity index (χ0) is 24.5. The summed E-state index contributed by atoms with van der Waals surface area (Å²) in [7, 11) is 0. The Hall–Kier alpha value is -4.16. The van der Waals surface area contributed by atoms with Crippen molar-refractivity contribution in [2.24, 2.45) is 0 Å². The minimum Gasteiger partial charge on any atom is -0.346 e. The standard InChI is InChI=1S/C25H21F3N4O2/c26-20-3-1-2-19(10-20)15-32(14-18-6-4-17(12-29)5-7-18)16-25(34)30-13-24(33)31-21-8-9-22(27)23(28)11-21/h1-11H,13-16H2,(H,30,34)(H,31,33). The Morgan fingerprint density at radius 1 is 0.853 bits per heavy atom. The summed E-state index contributed by atoms with van der Waals surface area (Å²) in [5, 5.41) is 13.8. The van der Waals surface area contributed by atoms with E-state index in [-0.39, 0.29) is 25.3 Å². The normalized spacial score (nSPS) is 10.6. The number of nitriles is 1. The third-order valence-electron chi connectivity index (χ3n) is 4.80. The summed E-state index contributed by atoms with van der Waals surface area (Å²) in [5.41, 5.74) is 2.08. The summed E-state index contributed by atoms with van der Waals surface area (Å²) in [6.07, 6.45) is 0. The maximum atomic E-state index is 13.6. The highest BCUT2D eigenvalue weighted by Crippen LogP contribution is 2.14. The lowest BCUT2D eigenvalue weighted by atomic mass is 10.1. The number of hydrogen-bond acceptors (Lipinski definition) is 4. The summed E-state index contributed by atoms with van der Waals surface area (Å²) in [6, 6.07) is 17.9. The highest BCUT2D eigenvalue weighted by Gasteiger charge is 2.14. The molecular formula is C25H21F3N4O2. The predicted octanol–water partition coefficient (Wildman–Crippen LogP) is 3.73. The van der Waals surface area contributed by atoms with E-state index < -0.39 is 29.3 Å². The minimum atomic E-state index is -1.10. The topological polar surface area (TPSA) is 85.2 Å². The van der Waals surface area contributed by atoms with E-state index in [0.717, 1.165) is 17.7 Å². The molecule has 0 saturated carbocycles. The number of benzene rings is 3. The number of amides is 2. The summed E-state index contributed by atoms with van der Waals surface area (Å²) >= 11 is 0. The lowest BCUT2D eigenvalue weighted by molar-refractivity contribution is -0.125. The summed E-state index contributed by atoms with van der Waals surface area (Å²) < 4.78 is 39.9. The quantitative estimate of drug-likeness (QED) is 0.503. The van der Waals surface area contributed by atoms with Gasteiger partial charge in [-0.1, -0.05) is 24.3 Å². The van der Waals surface area contributed by atoms with Crippen molar-refractivity contribution < 1.29 is 22.8 Å². The molecule has 3 aromatic carbocycles. The number of nitrogens with one attached hydrogen (secondary N) is 2. The number of nitrogens with zero attached hydrogens (tertiary/aromatic N) is 2. The Kier molecular flexibility index (Phi) is 8.37. The van der Waals surface area contributed by atoms with Gasteiger partial charge in [0.05, 0.1) is 24.7 Å². The number of hydrogen-bond donors (Lipinski definition) is 2. The first-order valence-electron chi connectivity index (χ1n) is 10.3. The number of anilines is 1. The highest BCUT2D eigenvalue weighted by atomic mass is 19.2. The fraction of sp³-hybridized carbons (Fsp3) is 0.160. The van der Waals surface area contributed by atoms with Gasteiger partial charge in [-0.05, 0) is 47.5 Å². The molecule has 0 fully saturated rings. The van der Waals surface area contributed by atoms with Crippen molar-refractivity contribution in [3.63, 3.8) is 0 Å². The van der Waals surface area contributed by atoms with Crippen LogP contribution < -0.4 is 10.6 Å². The molecule has 0 atom stereocenters. The van der Waals surface area contributed by atoms with Gasteiger partial charge in [0.1, 0.15) is 5.82 Å². The third-order valence-corrected chi connectivity index (χ3v) is 4.80. The molecule has 0 aliphatic carbocycles. The minimum absolute atomic E-state index is 0.0618. The number of carbonyl (C=O) groups is 2. The summed E-state index contributed by atoms with van der Waals surface area (Å²) in [6.45, 7) is 0.153. The molecule has 0 aromatic heterocycles. The molecule has 3 aromatic rings. The highest BCUT2D eigenvalue weighted by molar-refractivity contribution is 5.94. The van der Waals surface area contributed by atoms with Crippen LogP contribution >= 0.6 is 0 Å². The first kappa shape index (κ1) is 24.5. The maximum absolute atomic E-state index is 13.6. The van der Waals surface area contributed by atoms with Gasteiger partial charge in [0.2, 0.25) is 11.8 Å². The molecule has 0 unspecified atom stereocenters. The molecular weight excluding hydrogens is 445 g/mol. The molecule has 9 heteroatoms. The van der Waals surface area contributed by atoms with E-state index in [9.17, 15) is 22.8 Å². The van der Waals surface area contributed by atoms with Gasteiger partial charge in [-0.25, -0.2) is 13.2 Å². The van der Waals surface area contributed by atoms with Crippen molar-refractivity contribution in [2.75, 3.05) is 18.4 Å². The fourth-order valence-corrected chi connectivity index (χ4v) is 3.22. The van der Waals surface area contributed by atoms with Gasteiger partial charge in [-0.15, -0.1) is 0 Å². The Balaban J connectivity index is 1.60. The van der Waals surface area contributed by atoms with Crippen LogP contribution in [0.4, 0.5) is 18.9 Å². The van der Waals surface area contributed by atoms with Crippen LogP contribution in [0.2, 0.25) is 0 Å². The SMILES string of the molecule is N#Cc1ccc(CN(CC(=O)NCC(=O)Nc2ccc(F)c(F)c2)Cc2cccc(F)c2)cc1. The smallest absolute Gasteiger partial charge is 0.243 e. The molecule has 0 saturated heterocycles. The first-order valence-corrected chi connectivity index (χ1v) is 10.3. The van der Waals surface area contributed by atoms with Crippen LogP contribution in [0.5, 0.6) is 0 Å². The molecule has 0 aliphatic heterocycles. The molecule has 0 bridgehead atoms. The molecule has 2 amide bonds. The zero-order valence-electron chi connectivity index (χ0n) is 18.0. The molecule has 34 heavy (non-hydrogen) atoms. The van der Waals surface area contributed by atoms with E-state index in [2.05, 4.69) is 10.6 Å². The van der Waals surface area contributed by atoms with Crippen molar-refractivity contribution >= 4 is 17.5 Å². The molecule has 174 valence electrons. The van der Waals surface area contributed by atoms with E-state index in [1.54, 1.807) is 41.3 Å². The largest absolute Gasteiger partial charge is 0.346 e. The third kappa shape index (κ3) is 7.46. The monoisotopic (exact) mass is 466 g/mol. The van der Waals surface area contributed by atoms with Crippen LogP contribution in [0.25, 0.3) is 0 Å². The van der Waals surface area contributed by atoms with Crippen LogP contribution in [-0.4, -0.2) is 29.8 Å². The van der Waals surface area contributed by atoms with Gasteiger partial charge in [0, 0.05) is 24.8 Å². The van der Waals surface area contributed by atoms with Crippen LogP contribution in [0.1, 0.15) is 16.7 Å². The first-order chi connectivity index (χ1) is 16.3. The predicted molar refractivity (Wildman–Crippen MR) is 120 cm³/mol. The second-order valence-electron chi connectivity index (χ2n) is 7.54. The molecule has 3 rings (SSSR count). The van der Waals surface area contributed by atoms with Crippen molar-refractivity contribution in [3.8, 4) is 6.07 Å². The van der Waals surface area contributed by atoms with Crippen molar-refractivity contribution in [3.05, 3.63) is 101 Å². The number of carbonyl (C=O) groups excluding carboxylic acids is 2. The average molecular weight is 466 g/mol. The Bertz CT molecular complexity index is 1210. The molecule has 0 heterocycles. The van der Waals surface area contributed by atoms with E-state index in [0.29, 0.717) is 17.7 Å². The van der Waals surface area contributed by atoms with Crippen molar-refractivity contribution in [1.82, 2.24) is 10.2 Å². The second kappa shape index (κ2) is 11.6. The van der Waals surface area contributed by atoms with Crippen molar-refractivity contribution in [2.45, 2.75) is 13.1 Å². The van der Waals surface area contributed by atoms with Crippen LogP contribution in [0.15, 0.2) is 66.7 Å². The molecule has 0 radical (unpaired) electrons. The van der Waals surface area contributed by atoms with Gasteiger partial charge in [-0.2, -0.15) is 5.26 Å². The molecule has 0 aliphatic rings. The van der Waals surface area contributed by atoms with E-state index in [1.165, 1.54) is 18.2 Å². The van der Waals surface area contributed by atoms with Gasteiger partial charge < -0.3 is 10.6 Å². The zero-order valence-corrected chi connectivity index (χ0v) is 18.0. The summed E-state index contributed by atoms with van der Waals surface area (Å²) in [4.78, 5) is 26.3. The van der Waals surface area contributed by atoms with Crippen molar-refractivity contribution in [1.29, 1.82) is 5.26 Å². The van der Waals surface area contributed by atoms with Gasteiger partial charge in [0.25, 0.3) is 0 Å². The van der Waals surface area contributed by atoms with Crippen LogP contribution in [-0.2, 0) is 22.7 Å². The van der Waals surface area contributed by atoms with Gasteiger partial charge >= 0.3 is 0 Å². The lowest BCUT2D eigenvalue weighted by Gasteiger charge is -2.22. The number of halogens is 3. The fourth-order valence-electron chi connectivity index (χ4n) is 3.22. The Morgan fingerprint density at radius 2 is 1.59 bits per heavy atom. The van der Waals surface area contributed by atoms with E-state index >= 15 is 0 Å². The Labute approximate surface area is 194 Å². The molecule has 0 spiro atoms. The van der Waals surface area contributed by atoms with Gasteiger partial charge in [-0.3, -0.25) is 14.5 Å². The van der Waals surface area contributed by atoms with Crippen LogP contribution in [0, 0.1) is 28.8 Å². The average Bonchev–Trinajstić information content (AvgIpc) is 2.80. The Morgan fingerprint density at radius 3 is 2.26 bits per heavy atom.